The van der Waals surface area contributed by atoms with Crippen LogP contribution < -0.4 is 4.90 Å². The zero-order valence-corrected chi connectivity index (χ0v) is 12.7. The van der Waals surface area contributed by atoms with E-state index in [9.17, 15) is 13.2 Å². The van der Waals surface area contributed by atoms with E-state index in [-0.39, 0.29) is 18.9 Å². The Hall–Kier alpha value is -1.07. The fourth-order valence-electron chi connectivity index (χ4n) is 2.68. The lowest BCUT2D eigenvalue weighted by molar-refractivity contribution is -0.117. The molecule has 1 saturated heterocycles. The van der Waals surface area contributed by atoms with Crippen molar-refractivity contribution in [2.24, 2.45) is 0 Å². The molecule has 1 aromatic rings. The number of carbonyl (C=O) groups excluding carboxylic acids is 1. The summed E-state index contributed by atoms with van der Waals surface area (Å²) in [6, 6.07) is 3.97. The molecule has 1 aromatic carbocycles. The smallest absolute Gasteiger partial charge is 0.237 e. The maximum absolute atomic E-state index is 12.0. The van der Waals surface area contributed by atoms with Crippen molar-refractivity contribution in [1.29, 1.82) is 0 Å². The average molecular weight is 302 g/mol. The van der Waals surface area contributed by atoms with Crippen LogP contribution in [0.2, 0.25) is 0 Å². The van der Waals surface area contributed by atoms with Gasteiger partial charge in [0, 0.05) is 29.3 Å². The lowest BCUT2D eigenvalue weighted by atomic mass is 10.0. The Bertz CT molecular complexity index is 616. The Morgan fingerprint density at radius 1 is 1.21 bits per heavy atom. The number of aryl methyl sites for hydroxylation is 3. The normalized spacial score (nSPS) is 20.1. The molecular formula is C13H16ClNO3S. The third kappa shape index (κ3) is 2.77. The summed E-state index contributed by atoms with van der Waals surface area (Å²) in [5, 5.41) is -0.818. The molecule has 1 amide bonds. The van der Waals surface area contributed by atoms with Crippen molar-refractivity contribution in [3.8, 4) is 0 Å². The lowest BCUT2D eigenvalue weighted by Gasteiger charge is -2.21. The van der Waals surface area contributed by atoms with Gasteiger partial charge in [-0.15, -0.1) is 0 Å². The summed E-state index contributed by atoms with van der Waals surface area (Å²) in [5.74, 6) is -0.190. The van der Waals surface area contributed by atoms with Gasteiger partial charge in [-0.1, -0.05) is 17.7 Å². The summed E-state index contributed by atoms with van der Waals surface area (Å²) < 4.78 is 22.7. The Morgan fingerprint density at radius 2 is 1.74 bits per heavy atom. The summed E-state index contributed by atoms with van der Waals surface area (Å²) in [5.41, 5.74) is 3.86. The second-order valence-corrected chi connectivity index (χ2v) is 7.96. The molecule has 1 unspecified atom stereocenters. The van der Waals surface area contributed by atoms with E-state index < -0.39 is 14.3 Å². The van der Waals surface area contributed by atoms with E-state index in [4.69, 9.17) is 10.7 Å². The summed E-state index contributed by atoms with van der Waals surface area (Å²) in [6.07, 6.45) is -0.0431. The second kappa shape index (κ2) is 4.80. The molecule has 104 valence electrons. The minimum Gasteiger partial charge on any atom is -0.310 e. The fraction of sp³-hybridized carbons (Fsp3) is 0.462. The van der Waals surface area contributed by atoms with Crippen LogP contribution in [-0.2, 0) is 13.8 Å². The number of halogens is 1. The van der Waals surface area contributed by atoms with Gasteiger partial charge < -0.3 is 4.90 Å². The molecule has 1 aliphatic rings. The van der Waals surface area contributed by atoms with Crippen LogP contribution in [0.5, 0.6) is 0 Å². The quantitative estimate of drug-likeness (QED) is 0.788. The topological polar surface area (TPSA) is 54.5 Å². The summed E-state index contributed by atoms with van der Waals surface area (Å²) in [4.78, 5) is 13.6. The van der Waals surface area contributed by atoms with Gasteiger partial charge >= 0.3 is 0 Å². The first-order chi connectivity index (χ1) is 8.70. The third-order valence-corrected chi connectivity index (χ3v) is 5.26. The standard InChI is InChI=1S/C13H16ClNO3S/c1-8-4-9(2)13(10(3)5-8)15-7-11(6-12(15)16)19(14,17)18/h4-5,11H,6-7H2,1-3H3. The van der Waals surface area contributed by atoms with Crippen LogP contribution in [0.25, 0.3) is 0 Å². The van der Waals surface area contributed by atoms with Crippen LogP contribution in [0.1, 0.15) is 23.1 Å². The molecule has 1 aliphatic heterocycles. The van der Waals surface area contributed by atoms with Crippen molar-refractivity contribution in [2.75, 3.05) is 11.4 Å². The first kappa shape index (κ1) is 14.3. The molecule has 0 aliphatic carbocycles. The zero-order chi connectivity index (χ0) is 14.4. The van der Waals surface area contributed by atoms with Crippen molar-refractivity contribution >= 4 is 31.3 Å². The van der Waals surface area contributed by atoms with E-state index in [1.165, 1.54) is 4.90 Å². The lowest BCUT2D eigenvalue weighted by Crippen LogP contribution is -2.28. The number of nitrogens with zero attached hydrogens (tertiary/aromatic N) is 1. The van der Waals surface area contributed by atoms with Crippen molar-refractivity contribution in [1.82, 2.24) is 0 Å². The van der Waals surface area contributed by atoms with Crippen LogP contribution in [0.15, 0.2) is 12.1 Å². The third-order valence-electron chi connectivity index (χ3n) is 3.39. The van der Waals surface area contributed by atoms with Crippen LogP contribution in [0.4, 0.5) is 5.69 Å². The number of hydrogen-bond acceptors (Lipinski definition) is 3. The van der Waals surface area contributed by atoms with Crippen molar-refractivity contribution in [2.45, 2.75) is 32.4 Å². The number of rotatable bonds is 2. The molecule has 6 heteroatoms. The van der Waals surface area contributed by atoms with Crippen molar-refractivity contribution in [3.63, 3.8) is 0 Å². The van der Waals surface area contributed by atoms with E-state index in [0.717, 1.165) is 22.4 Å². The maximum atomic E-state index is 12.0. The number of amides is 1. The highest BCUT2D eigenvalue weighted by Crippen LogP contribution is 2.32. The molecule has 19 heavy (non-hydrogen) atoms. The minimum absolute atomic E-state index is 0.0431. The van der Waals surface area contributed by atoms with Gasteiger partial charge in [-0.2, -0.15) is 0 Å². The number of hydrogen-bond donors (Lipinski definition) is 0. The average Bonchev–Trinajstić information content (AvgIpc) is 2.59. The van der Waals surface area contributed by atoms with Crippen LogP contribution in [0.3, 0.4) is 0 Å². The van der Waals surface area contributed by atoms with Gasteiger partial charge in [-0.25, -0.2) is 8.42 Å². The van der Waals surface area contributed by atoms with Gasteiger partial charge in [0.25, 0.3) is 0 Å². The number of carbonyl (C=O) groups is 1. The Labute approximate surface area is 117 Å². The molecule has 4 nitrogen and oxygen atoms in total. The second-order valence-electron chi connectivity index (χ2n) is 5.05. The highest BCUT2D eigenvalue weighted by atomic mass is 35.7. The maximum Gasteiger partial charge on any atom is 0.237 e. The number of benzene rings is 1. The van der Waals surface area contributed by atoms with Gasteiger partial charge in [0.1, 0.15) is 5.25 Å². The van der Waals surface area contributed by atoms with E-state index in [0.29, 0.717) is 0 Å². The first-order valence-electron chi connectivity index (χ1n) is 6.02. The van der Waals surface area contributed by atoms with E-state index >= 15 is 0 Å². The predicted octanol–water partition coefficient (Wildman–Crippen LogP) is 2.29. The Balaban J connectivity index is 2.42. The summed E-state index contributed by atoms with van der Waals surface area (Å²) >= 11 is 0. The highest BCUT2D eigenvalue weighted by molar-refractivity contribution is 8.14. The molecule has 0 aromatic heterocycles. The van der Waals surface area contributed by atoms with Crippen molar-refractivity contribution in [3.05, 3.63) is 28.8 Å². The molecule has 0 saturated carbocycles. The van der Waals surface area contributed by atoms with E-state index in [1.54, 1.807) is 0 Å². The van der Waals surface area contributed by atoms with E-state index in [1.807, 2.05) is 32.9 Å². The van der Waals surface area contributed by atoms with Crippen LogP contribution in [-0.4, -0.2) is 26.1 Å². The molecular weight excluding hydrogens is 286 g/mol. The Kier molecular flexibility index (Phi) is 3.62. The first-order valence-corrected chi connectivity index (χ1v) is 8.39. The molecule has 0 N–H and O–H groups in total. The van der Waals surface area contributed by atoms with Gasteiger partial charge in [-0.3, -0.25) is 4.79 Å². The van der Waals surface area contributed by atoms with Gasteiger partial charge in [0.2, 0.25) is 15.0 Å². The van der Waals surface area contributed by atoms with Gasteiger partial charge in [0.15, 0.2) is 0 Å². The molecule has 1 fully saturated rings. The monoisotopic (exact) mass is 301 g/mol. The minimum atomic E-state index is -3.70. The van der Waals surface area contributed by atoms with Crippen LogP contribution in [0, 0.1) is 20.8 Å². The largest absolute Gasteiger partial charge is 0.310 e. The fourth-order valence-corrected chi connectivity index (χ4v) is 3.70. The number of anilines is 1. The van der Waals surface area contributed by atoms with Crippen LogP contribution >= 0.6 is 10.7 Å². The van der Waals surface area contributed by atoms with E-state index in [2.05, 4.69) is 0 Å². The van der Waals surface area contributed by atoms with Gasteiger partial charge in [-0.05, 0) is 31.9 Å². The molecule has 0 spiro atoms. The van der Waals surface area contributed by atoms with Crippen molar-refractivity contribution < 1.29 is 13.2 Å². The highest BCUT2D eigenvalue weighted by Gasteiger charge is 2.38. The predicted molar refractivity (Wildman–Crippen MR) is 76.2 cm³/mol. The molecule has 0 bridgehead atoms. The van der Waals surface area contributed by atoms with Gasteiger partial charge in [0.05, 0.1) is 0 Å². The molecule has 2 rings (SSSR count). The summed E-state index contributed by atoms with van der Waals surface area (Å²) in [7, 11) is 1.66. The summed E-state index contributed by atoms with van der Waals surface area (Å²) in [6.45, 7) is 5.97. The Morgan fingerprint density at radius 3 is 2.16 bits per heavy atom. The zero-order valence-electron chi connectivity index (χ0n) is 11.1. The molecule has 1 heterocycles. The molecule has 1 atom stereocenters. The molecule has 0 radical (unpaired) electrons. The SMILES string of the molecule is Cc1cc(C)c(N2CC(S(=O)(=O)Cl)CC2=O)c(C)c1.